The van der Waals surface area contributed by atoms with Crippen LogP contribution in [0, 0.1) is 5.82 Å². The summed E-state index contributed by atoms with van der Waals surface area (Å²) in [4.78, 5) is 36.0. The number of aromatic nitrogens is 6. The van der Waals surface area contributed by atoms with Gasteiger partial charge in [0.05, 0.1) is 45.4 Å². The molecular weight excluding hydrogens is 581 g/mol. The van der Waals surface area contributed by atoms with Crippen LogP contribution in [-0.4, -0.2) is 49.4 Å². The summed E-state index contributed by atoms with van der Waals surface area (Å²) < 4.78 is 122. The molecule has 0 unspecified atom stereocenters. The Hall–Kier alpha value is -4.61. The number of nitrogens with two attached hydrogens (primary N) is 1. The lowest BCUT2D eigenvalue weighted by atomic mass is 10.1. The van der Waals surface area contributed by atoms with Crippen LogP contribution in [-0.2, 0) is 23.6 Å². The van der Waals surface area contributed by atoms with Gasteiger partial charge < -0.3 is 15.8 Å². The lowest BCUT2D eigenvalue weighted by molar-refractivity contribution is -0.138. The Morgan fingerprint density at radius 1 is 1.14 bits per heavy atom. The zero-order chi connectivity index (χ0) is 33.3. The van der Waals surface area contributed by atoms with E-state index >= 15 is 0 Å². The Labute approximate surface area is 234 Å². The molecule has 0 radical (unpaired) electrons. The Balaban J connectivity index is 1.55. The van der Waals surface area contributed by atoms with Crippen LogP contribution in [0.2, 0.25) is 0 Å². The molecule has 4 aromatic rings. The van der Waals surface area contributed by atoms with Gasteiger partial charge in [-0.1, -0.05) is 0 Å². The van der Waals surface area contributed by atoms with Crippen molar-refractivity contribution in [3.8, 4) is 11.4 Å². The molecule has 0 aliphatic heterocycles. The summed E-state index contributed by atoms with van der Waals surface area (Å²) in [6.07, 6.45) is -7.76. The second kappa shape index (κ2) is 11.7. The highest BCUT2D eigenvalue weighted by molar-refractivity contribution is 5.82. The largest absolute Gasteiger partial charge is 0.423 e. The minimum absolute atomic E-state index is 0.0341. The molecule has 224 valence electrons. The smallest absolute Gasteiger partial charge is 0.383 e. The second-order valence-electron chi connectivity index (χ2n) is 8.86. The van der Waals surface area contributed by atoms with Crippen molar-refractivity contribution in [2.24, 2.45) is 0 Å². The quantitative estimate of drug-likeness (QED) is 0.243. The SMILES string of the molecule is [2H]C([2H])([2H])OC[C@@H](CCCn1cnc2cc(-c3ncc(C(F)(F)F)c(N)n3)c(F)cc2c1=O)Nc1cn[nH]c(=O)c1C(F)(F)F. The molecule has 3 aromatic heterocycles. The van der Waals surface area contributed by atoms with E-state index in [4.69, 9.17) is 14.6 Å². The Kier molecular flexibility index (Phi) is 7.33. The van der Waals surface area contributed by atoms with Crippen molar-refractivity contribution in [3.05, 3.63) is 68.5 Å². The zero-order valence-electron chi connectivity index (χ0n) is 24.0. The van der Waals surface area contributed by atoms with Gasteiger partial charge in [-0.15, -0.1) is 0 Å². The Bertz CT molecular complexity index is 1830. The van der Waals surface area contributed by atoms with Crippen LogP contribution in [0.1, 0.15) is 28.1 Å². The van der Waals surface area contributed by atoms with Gasteiger partial charge in [0.2, 0.25) is 0 Å². The van der Waals surface area contributed by atoms with Crippen LogP contribution in [0.4, 0.5) is 42.2 Å². The van der Waals surface area contributed by atoms with Crippen molar-refractivity contribution in [1.29, 1.82) is 0 Å². The van der Waals surface area contributed by atoms with E-state index in [1.165, 1.54) is 0 Å². The number of H-pyrrole nitrogens is 1. The molecule has 11 nitrogen and oxygen atoms in total. The predicted octanol–water partition coefficient (Wildman–Crippen LogP) is 3.60. The van der Waals surface area contributed by atoms with Crippen molar-refractivity contribution < 1.29 is 39.6 Å². The first-order valence-electron chi connectivity index (χ1n) is 13.3. The maximum absolute atomic E-state index is 15.0. The van der Waals surface area contributed by atoms with Gasteiger partial charge in [-0.05, 0) is 25.0 Å². The molecule has 0 amide bonds. The number of rotatable bonds is 9. The van der Waals surface area contributed by atoms with Crippen molar-refractivity contribution in [2.45, 2.75) is 37.8 Å². The predicted molar refractivity (Wildman–Crippen MR) is 135 cm³/mol. The number of aromatic amines is 1. The fourth-order valence-corrected chi connectivity index (χ4v) is 4.07. The molecule has 4 N–H and O–H groups in total. The summed E-state index contributed by atoms with van der Waals surface area (Å²) in [5.41, 5.74) is -0.948. The fourth-order valence-electron chi connectivity index (χ4n) is 4.07. The third-order valence-electron chi connectivity index (χ3n) is 6.01. The molecule has 42 heavy (non-hydrogen) atoms. The number of ether oxygens (including phenoxy) is 1. The van der Waals surface area contributed by atoms with Crippen LogP contribution in [0.5, 0.6) is 0 Å². The van der Waals surface area contributed by atoms with Crippen LogP contribution in [0.3, 0.4) is 0 Å². The highest BCUT2D eigenvalue weighted by Crippen LogP contribution is 2.34. The summed E-state index contributed by atoms with van der Waals surface area (Å²) in [7, 11) is -2.89. The normalized spacial score (nSPS) is 14.3. The van der Waals surface area contributed by atoms with Gasteiger partial charge in [-0.3, -0.25) is 14.2 Å². The molecule has 1 atom stereocenters. The molecule has 4 rings (SSSR count). The minimum atomic E-state index is -5.07. The number of halogens is 7. The molecule has 0 spiro atoms. The van der Waals surface area contributed by atoms with Crippen molar-refractivity contribution in [1.82, 2.24) is 29.7 Å². The maximum atomic E-state index is 15.0. The number of nitrogens with one attached hydrogen (secondary N) is 2. The summed E-state index contributed by atoms with van der Waals surface area (Å²) in [6, 6.07) is 0.745. The van der Waals surface area contributed by atoms with E-state index in [1.807, 2.05) is 0 Å². The van der Waals surface area contributed by atoms with E-state index < -0.39 is 77.4 Å². The summed E-state index contributed by atoms with van der Waals surface area (Å²) >= 11 is 0. The minimum Gasteiger partial charge on any atom is -0.383 e. The van der Waals surface area contributed by atoms with Gasteiger partial charge >= 0.3 is 12.4 Å². The fraction of sp³-hybridized carbons (Fsp3) is 0.333. The molecule has 1 aromatic carbocycles. The summed E-state index contributed by atoms with van der Waals surface area (Å²) in [5.74, 6) is -2.47. The van der Waals surface area contributed by atoms with Gasteiger partial charge in [0, 0.05) is 25.8 Å². The molecule has 3 heterocycles. The number of nitrogen functional groups attached to an aromatic ring is 1. The highest BCUT2D eigenvalue weighted by Gasteiger charge is 2.38. The number of fused-ring (bicyclic) bond motifs is 1. The number of alkyl halides is 6. The zero-order valence-corrected chi connectivity index (χ0v) is 21.0. The summed E-state index contributed by atoms with van der Waals surface area (Å²) in [6.45, 7) is -0.731. The van der Waals surface area contributed by atoms with Crippen LogP contribution in [0.25, 0.3) is 22.3 Å². The van der Waals surface area contributed by atoms with E-state index in [-0.39, 0.29) is 35.9 Å². The molecule has 0 saturated heterocycles. The van der Waals surface area contributed by atoms with Crippen molar-refractivity contribution >= 4 is 22.4 Å². The average Bonchev–Trinajstić information content (AvgIpc) is 2.91. The van der Waals surface area contributed by atoms with E-state index in [9.17, 15) is 40.3 Å². The Morgan fingerprint density at radius 2 is 1.90 bits per heavy atom. The number of benzene rings is 1. The molecule has 0 aliphatic rings. The molecule has 0 bridgehead atoms. The van der Waals surface area contributed by atoms with Crippen LogP contribution in [0.15, 0.2) is 40.4 Å². The number of hydrogen-bond acceptors (Lipinski definition) is 9. The number of anilines is 2. The molecular formula is C24H21F7N8O3. The van der Waals surface area contributed by atoms with Crippen molar-refractivity contribution in [2.75, 3.05) is 24.7 Å². The third kappa shape index (κ3) is 6.48. The topological polar surface area (TPSA) is 154 Å². The van der Waals surface area contributed by atoms with E-state index in [0.717, 1.165) is 23.0 Å². The maximum Gasteiger partial charge on any atom is 0.423 e. The monoisotopic (exact) mass is 605 g/mol. The Morgan fingerprint density at radius 3 is 2.57 bits per heavy atom. The first kappa shape index (κ1) is 26.3. The van der Waals surface area contributed by atoms with Gasteiger partial charge in [-0.2, -0.15) is 31.4 Å². The standard InChI is InChI=1S/C24H21F7N8O3/c1-42-9-11(36-17-8-35-38-21(40)18(17)24(29,30)31)3-2-4-39-10-34-16-6-12(15(25)5-13(16)22(39)41)20-33-7-14(19(32)37-20)23(26,27)28/h5-8,10-11H,2-4,9H2,1H3,(H2,32,33,37)(H2,36,38,40)/t11-/m1/s1/i1D3. The average molecular weight is 605 g/mol. The molecule has 18 heteroatoms. The third-order valence-corrected chi connectivity index (χ3v) is 6.01. The first-order valence-corrected chi connectivity index (χ1v) is 11.8. The van der Waals surface area contributed by atoms with E-state index in [2.05, 4.69) is 25.4 Å². The van der Waals surface area contributed by atoms with E-state index in [0.29, 0.717) is 12.4 Å². The first-order chi connectivity index (χ1) is 20.8. The van der Waals surface area contributed by atoms with Gasteiger partial charge in [-0.25, -0.2) is 24.4 Å². The van der Waals surface area contributed by atoms with Gasteiger partial charge in [0.25, 0.3) is 11.1 Å². The van der Waals surface area contributed by atoms with Crippen LogP contribution >= 0.6 is 0 Å². The van der Waals surface area contributed by atoms with Gasteiger partial charge in [0.15, 0.2) is 5.82 Å². The molecule has 0 saturated carbocycles. The second-order valence-corrected chi connectivity index (χ2v) is 8.86. The van der Waals surface area contributed by atoms with Gasteiger partial charge in [0.1, 0.15) is 22.8 Å². The van der Waals surface area contributed by atoms with Crippen molar-refractivity contribution in [3.63, 3.8) is 0 Å². The highest BCUT2D eigenvalue weighted by atomic mass is 19.4. The molecule has 0 aliphatic carbocycles. The number of aryl methyl sites for hydroxylation is 1. The lowest BCUT2D eigenvalue weighted by Gasteiger charge is -2.21. The molecule has 0 fully saturated rings. The number of nitrogens with zero attached hydrogens (tertiary/aromatic N) is 5. The van der Waals surface area contributed by atoms with Crippen LogP contribution < -0.4 is 22.2 Å². The number of methoxy groups -OCH3 is 1. The van der Waals surface area contributed by atoms with E-state index in [1.54, 1.807) is 5.10 Å². The summed E-state index contributed by atoms with van der Waals surface area (Å²) in [5, 5.41) is 7.23. The lowest BCUT2D eigenvalue weighted by Crippen LogP contribution is -2.31. The number of hydrogen-bond donors (Lipinski definition) is 3.